The fraction of sp³-hybridized carbons (Fsp3) is 0.800. The molecule has 0 saturated heterocycles. The maximum atomic E-state index is 5.07. The van der Waals surface area contributed by atoms with E-state index in [1.807, 2.05) is 6.92 Å². The molecule has 0 unspecified atom stereocenters. The molecule has 2 rings (SSSR count). The average Bonchev–Trinajstić information content (AvgIpc) is 3.13. The van der Waals surface area contributed by atoms with Gasteiger partial charge in [0.05, 0.1) is 0 Å². The molecular formula is C15H28IN5O. The molecule has 0 radical (unpaired) electrons. The van der Waals surface area contributed by atoms with E-state index in [-0.39, 0.29) is 24.0 Å². The van der Waals surface area contributed by atoms with E-state index in [0.717, 1.165) is 25.0 Å². The monoisotopic (exact) mass is 421 g/mol. The van der Waals surface area contributed by atoms with Crippen molar-refractivity contribution in [1.82, 2.24) is 20.8 Å². The van der Waals surface area contributed by atoms with E-state index in [1.54, 1.807) is 7.05 Å². The van der Waals surface area contributed by atoms with Crippen molar-refractivity contribution in [2.24, 2.45) is 10.9 Å². The van der Waals surface area contributed by atoms with Gasteiger partial charge in [-0.3, -0.25) is 4.99 Å². The SMILES string of the molecule is CN=C(NCCCC1CCCC1)NCCc1nc(C)no1.I. The molecule has 1 aromatic heterocycles. The number of hydrogen-bond donors (Lipinski definition) is 2. The van der Waals surface area contributed by atoms with Crippen LogP contribution in [0.2, 0.25) is 0 Å². The lowest BCUT2D eigenvalue weighted by atomic mass is 10.0. The van der Waals surface area contributed by atoms with Crippen molar-refractivity contribution in [3.63, 3.8) is 0 Å². The summed E-state index contributed by atoms with van der Waals surface area (Å²) < 4.78 is 5.07. The van der Waals surface area contributed by atoms with Crippen LogP contribution in [-0.2, 0) is 6.42 Å². The Kier molecular flexibility index (Phi) is 9.42. The first-order valence-electron chi connectivity index (χ1n) is 8.01. The van der Waals surface area contributed by atoms with Gasteiger partial charge in [0, 0.05) is 26.6 Å². The highest BCUT2D eigenvalue weighted by atomic mass is 127. The van der Waals surface area contributed by atoms with E-state index < -0.39 is 0 Å². The first-order valence-corrected chi connectivity index (χ1v) is 8.01. The van der Waals surface area contributed by atoms with Crippen LogP contribution in [-0.4, -0.2) is 36.2 Å². The predicted octanol–water partition coefficient (Wildman–Crippen LogP) is 2.67. The number of aliphatic imine (C=N–C) groups is 1. The van der Waals surface area contributed by atoms with E-state index >= 15 is 0 Å². The Labute approximate surface area is 149 Å². The second-order valence-electron chi connectivity index (χ2n) is 5.70. The molecule has 1 saturated carbocycles. The molecule has 1 fully saturated rings. The summed E-state index contributed by atoms with van der Waals surface area (Å²) in [7, 11) is 1.79. The first kappa shape index (κ1) is 19.2. The largest absolute Gasteiger partial charge is 0.356 e. The van der Waals surface area contributed by atoms with Gasteiger partial charge in [-0.05, 0) is 25.7 Å². The van der Waals surface area contributed by atoms with Crippen LogP contribution in [0.5, 0.6) is 0 Å². The molecule has 0 aliphatic heterocycles. The maximum Gasteiger partial charge on any atom is 0.228 e. The molecule has 6 nitrogen and oxygen atoms in total. The van der Waals surface area contributed by atoms with Crippen LogP contribution in [0.1, 0.15) is 50.2 Å². The van der Waals surface area contributed by atoms with Gasteiger partial charge >= 0.3 is 0 Å². The summed E-state index contributed by atoms with van der Waals surface area (Å²) in [5.41, 5.74) is 0. The minimum absolute atomic E-state index is 0. The Morgan fingerprint density at radius 2 is 2.00 bits per heavy atom. The van der Waals surface area contributed by atoms with Crippen LogP contribution in [0.15, 0.2) is 9.52 Å². The molecule has 126 valence electrons. The van der Waals surface area contributed by atoms with Gasteiger partial charge in [0.15, 0.2) is 11.8 Å². The number of nitrogens with one attached hydrogen (secondary N) is 2. The summed E-state index contributed by atoms with van der Waals surface area (Å²) in [6.45, 7) is 3.55. The van der Waals surface area contributed by atoms with Crippen molar-refractivity contribution in [1.29, 1.82) is 0 Å². The zero-order valence-electron chi connectivity index (χ0n) is 13.6. The third-order valence-corrected chi connectivity index (χ3v) is 3.98. The molecule has 2 N–H and O–H groups in total. The van der Waals surface area contributed by atoms with Gasteiger partial charge in [-0.15, -0.1) is 24.0 Å². The molecule has 1 heterocycles. The van der Waals surface area contributed by atoms with Crippen molar-refractivity contribution in [3.8, 4) is 0 Å². The second kappa shape index (κ2) is 10.8. The van der Waals surface area contributed by atoms with Gasteiger partial charge in [-0.25, -0.2) is 0 Å². The van der Waals surface area contributed by atoms with Gasteiger partial charge in [-0.1, -0.05) is 30.8 Å². The number of aromatic nitrogens is 2. The third-order valence-electron chi connectivity index (χ3n) is 3.98. The van der Waals surface area contributed by atoms with Crippen LogP contribution in [0, 0.1) is 12.8 Å². The van der Waals surface area contributed by atoms with Crippen molar-refractivity contribution >= 4 is 29.9 Å². The summed E-state index contributed by atoms with van der Waals surface area (Å²) in [5, 5.41) is 10.4. The zero-order chi connectivity index (χ0) is 14.9. The van der Waals surface area contributed by atoms with E-state index in [4.69, 9.17) is 4.52 Å². The van der Waals surface area contributed by atoms with Gasteiger partial charge in [0.1, 0.15) is 0 Å². The highest BCUT2D eigenvalue weighted by Gasteiger charge is 2.13. The summed E-state index contributed by atoms with van der Waals surface area (Å²) in [4.78, 5) is 8.40. The van der Waals surface area contributed by atoms with Gasteiger partial charge in [0.2, 0.25) is 5.89 Å². The summed E-state index contributed by atoms with van der Waals surface area (Å²) in [6, 6.07) is 0. The lowest BCUT2D eigenvalue weighted by Crippen LogP contribution is -2.38. The van der Waals surface area contributed by atoms with Gasteiger partial charge in [0.25, 0.3) is 0 Å². The fourth-order valence-electron chi connectivity index (χ4n) is 2.85. The quantitative estimate of drug-likeness (QED) is 0.307. The lowest BCUT2D eigenvalue weighted by Gasteiger charge is -2.12. The molecule has 1 aliphatic carbocycles. The first-order chi connectivity index (χ1) is 10.3. The van der Waals surface area contributed by atoms with E-state index in [1.165, 1.54) is 38.5 Å². The minimum Gasteiger partial charge on any atom is -0.356 e. The molecule has 1 aromatic rings. The number of guanidine groups is 1. The fourth-order valence-corrected chi connectivity index (χ4v) is 2.85. The Morgan fingerprint density at radius 1 is 1.27 bits per heavy atom. The van der Waals surface area contributed by atoms with Gasteiger partial charge in [-0.2, -0.15) is 4.98 Å². The van der Waals surface area contributed by atoms with Crippen LogP contribution < -0.4 is 10.6 Å². The smallest absolute Gasteiger partial charge is 0.228 e. The highest BCUT2D eigenvalue weighted by molar-refractivity contribution is 14.0. The Bertz CT molecular complexity index is 443. The summed E-state index contributed by atoms with van der Waals surface area (Å²) >= 11 is 0. The normalized spacial score (nSPS) is 15.6. The Balaban J connectivity index is 0.00000242. The minimum atomic E-state index is 0. The number of nitrogens with zero attached hydrogens (tertiary/aromatic N) is 3. The van der Waals surface area contributed by atoms with Crippen molar-refractivity contribution in [3.05, 3.63) is 11.7 Å². The van der Waals surface area contributed by atoms with Crippen LogP contribution in [0.4, 0.5) is 0 Å². The van der Waals surface area contributed by atoms with Crippen LogP contribution >= 0.6 is 24.0 Å². The molecule has 0 atom stereocenters. The van der Waals surface area contributed by atoms with Crippen molar-refractivity contribution in [2.75, 3.05) is 20.1 Å². The second-order valence-corrected chi connectivity index (χ2v) is 5.70. The lowest BCUT2D eigenvalue weighted by molar-refractivity contribution is 0.374. The van der Waals surface area contributed by atoms with E-state index in [0.29, 0.717) is 18.1 Å². The molecule has 0 bridgehead atoms. The number of halogens is 1. The van der Waals surface area contributed by atoms with E-state index in [2.05, 4.69) is 25.8 Å². The van der Waals surface area contributed by atoms with E-state index in [9.17, 15) is 0 Å². The van der Waals surface area contributed by atoms with Crippen molar-refractivity contribution < 1.29 is 4.52 Å². The van der Waals surface area contributed by atoms with Gasteiger partial charge < -0.3 is 15.2 Å². The molecule has 1 aliphatic rings. The summed E-state index contributed by atoms with van der Waals surface area (Å²) in [6.07, 6.45) is 8.98. The van der Waals surface area contributed by atoms with Crippen molar-refractivity contribution in [2.45, 2.75) is 51.9 Å². The molecule has 7 heteroatoms. The van der Waals surface area contributed by atoms with Crippen LogP contribution in [0.25, 0.3) is 0 Å². The van der Waals surface area contributed by atoms with Crippen LogP contribution in [0.3, 0.4) is 0 Å². The highest BCUT2D eigenvalue weighted by Crippen LogP contribution is 2.28. The Morgan fingerprint density at radius 3 is 2.64 bits per heavy atom. The maximum absolute atomic E-state index is 5.07. The Hall–Kier alpha value is -0.860. The average molecular weight is 421 g/mol. The number of rotatable bonds is 7. The predicted molar refractivity (Wildman–Crippen MR) is 98.7 cm³/mol. The topological polar surface area (TPSA) is 75.3 Å². The molecular weight excluding hydrogens is 393 g/mol. The third kappa shape index (κ3) is 6.93. The molecule has 22 heavy (non-hydrogen) atoms. The standard InChI is InChI=1S/C15H27N5O.HI/c1-12-19-14(21-20-12)9-11-18-15(16-2)17-10-5-8-13-6-3-4-7-13;/h13H,3-11H2,1-2H3,(H2,16,17,18);1H. The molecule has 0 spiro atoms. The number of aryl methyl sites for hydroxylation is 1. The molecule has 0 aromatic carbocycles. The zero-order valence-corrected chi connectivity index (χ0v) is 15.9. The number of hydrogen-bond acceptors (Lipinski definition) is 4. The summed E-state index contributed by atoms with van der Waals surface area (Å²) in [5.74, 6) is 3.15. The molecule has 0 amide bonds.